The van der Waals surface area contributed by atoms with E-state index >= 15 is 0 Å². The first kappa shape index (κ1) is 14.4. The number of aromatic carboxylic acids is 1. The summed E-state index contributed by atoms with van der Waals surface area (Å²) in [5, 5.41) is 16.3. The molecule has 0 aliphatic heterocycles. The van der Waals surface area contributed by atoms with Gasteiger partial charge in [-0.25, -0.2) is 0 Å². The van der Waals surface area contributed by atoms with E-state index in [0.29, 0.717) is 17.3 Å². The Hall–Kier alpha value is -2.59. The van der Waals surface area contributed by atoms with Crippen LogP contribution in [-0.2, 0) is 6.54 Å². The van der Waals surface area contributed by atoms with E-state index in [9.17, 15) is 9.90 Å². The first-order chi connectivity index (χ1) is 10.6. The van der Waals surface area contributed by atoms with Gasteiger partial charge in [-0.05, 0) is 11.6 Å². The average Bonchev–Trinajstić information content (AvgIpc) is 2.95. The molecule has 0 aliphatic carbocycles. The van der Waals surface area contributed by atoms with Crippen LogP contribution in [-0.4, -0.2) is 15.7 Å². The Bertz CT molecular complexity index is 813. The smallest absolute Gasteiger partial charge is 0.101 e. The predicted octanol–water partition coefficient (Wildman–Crippen LogP) is 2.62. The summed E-state index contributed by atoms with van der Waals surface area (Å²) in [6.45, 7) is 0.396. The van der Waals surface area contributed by atoms with Gasteiger partial charge in [-0.1, -0.05) is 60.1 Å². The van der Waals surface area contributed by atoms with Gasteiger partial charge in [-0.2, -0.15) is 5.10 Å². The second-order valence-corrected chi connectivity index (χ2v) is 5.24. The summed E-state index contributed by atoms with van der Waals surface area (Å²) in [6, 6.07) is 16.6. The van der Waals surface area contributed by atoms with Crippen molar-refractivity contribution in [1.29, 1.82) is 0 Å². The summed E-state index contributed by atoms with van der Waals surface area (Å²) in [7, 11) is 0. The van der Waals surface area contributed by atoms with Crippen molar-refractivity contribution in [3.05, 3.63) is 76.9 Å². The molecule has 22 heavy (non-hydrogen) atoms. The number of rotatable bonds is 4. The molecule has 1 aromatic heterocycles. The lowest BCUT2D eigenvalue weighted by Gasteiger charge is -2.04. The summed E-state index contributed by atoms with van der Waals surface area (Å²) in [5.74, 6) is -1.25. The van der Waals surface area contributed by atoms with Crippen LogP contribution < -0.4 is 5.11 Å². The van der Waals surface area contributed by atoms with E-state index in [-0.39, 0.29) is 5.56 Å². The van der Waals surface area contributed by atoms with Crippen LogP contribution in [0.5, 0.6) is 0 Å². The second-order valence-electron chi connectivity index (χ2n) is 4.83. The first-order valence-corrected chi connectivity index (χ1v) is 7.10. The molecule has 0 aliphatic rings. The van der Waals surface area contributed by atoms with Gasteiger partial charge >= 0.3 is 0 Å². The highest BCUT2D eigenvalue weighted by molar-refractivity contribution is 6.31. The lowest BCUT2D eigenvalue weighted by Crippen LogP contribution is -2.22. The van der Waals surface area contributed by atoms with Crippen LogP contribution in [0.4, 0.5) is 0 Å². The van der Waals surface area contributed by atoms with E-state index in [2.05, 4.69) is 5.10 Å². The highest BCUT2D eigenvalue weighted by Crippen LogP contribution is 2.23. The van der Waals surface area contributed by atoms with Gasteiger partial charge in [0.1, 0.15) is 5.69 Å². The minimum absolute atomic E-state index is 0.0678. The fourth-order valence-corrected chi connectivity index (χ4v) is 2.46. The van der Waals surface area contributed by atoms with Crippen LogP contribution >= 0.6 is 11.6 Å². The Morgan fingerprint density at radius 3 is 2.45 bits per heavy atom. The number of carbonyl (C=O) groups excluding carboxylic acids is 1. The van der Waals surface area contributed by atoms with Crippen LogP contribution in [0.15, 0.2) is 60.8 Å². The number of carbonyl (C=O) groups is 1. The summed E-state index contributed by atoms with van der Waals surface area (Å²) in [4.78, 5) is 11.3. The molecule has 0 amide bonds. The molecule has 0 atom stereocenters. The maximum atomic E-state index is 11.3. The van der Waals surface area contributed by atoms with Crippen molar-refractivity contribution in [3.63, 3.8) is 0 Å². The van der Waals surface area contributed by atoms with Gasteiger partial charge in [0, 0.05) is 22.3 Å². The molecule has 0 saturated carbocycles. The van der Waals surface area contributed by atoms with Crippen LogP contribution in [0.2, 0.25) is 5.02 Å². The predicted molar refractivity (Wildman–Crippen MR) is 82.5 cm³/mol. The van der Waals surface area contributed by atoms with E-state index in [1.54, 1.807) is 10.7 Å². The van der Waals surface area contributed by atoms with Crippen molar-refractivity contribution < 1.29 is 9.90 Å². The Morgan fingerprint density at radius 2 is 1.77 bits per heavy atom. The maximum absolute atomic E-state index is 11.3. The molecular weight excluding hydrogens is 300 g/mol. The largest absolute Gasteiger partial charge is 0.545 e. The van der Waals surface area contributed by atoms with Gasteiger partial charge in [0.2, 0.25) is 0 Å². The number of hydrogen-bond acceptors (Lipinski definition) is 3. The SMILES string of the molecule is O=C([O-])c1cn(Cc2ccccc2Cl)nc1-c1ccccc1. The van der Waals surface area contributed by atoms with E-state index in [0.717, 1.165) is 11.1 Å². The molecule has 0 unspecified atom stereocenters. The molecule has 1 heterocycles. The molecule has 0 bridgehead atoms. The molecular formula is C17H12ClN2O2-. The third kappa shape index (κ3) is 2.87. The van der Waals surface area contributed by atoms with Crippen LogP contribution in [0, 0.1) is 0 Å². The zero-order valence-corrected chi connectivity index (χ0v) is 12.3. The average molecular weight is 312 g/mol. The summed E-state index contributed by atoms with van der Waals surface area (Å²) in [5.41, 5.74) is 2.07. The van der Waals surface area contributed by atoms with E-state index in [1.165, 1.54) is 6.20 Å². The Balaban J connectivity index is 2.01. The van der Waals surface area contributed by atoms with Crippen molar-refractivity contribution in [1.82, 2.24) is 9.78 Å². The number of carboxylic acids is 1. The van der Waals surface area contributed by atoms with Gasteiger partial charge in [-0.3, -0.25) is 4.68 Å². The summed E-state index contributed by atoms with van der Waals surface area (Å²) >= 11 is 6.13. The molecule has 2 aromatic carbocycles. The van der Waals surface area contributed by atoms with Gasteiger partial charge in [0.05, 0.1) is 12.5 Å². The molecule has 0 radical (unpaired) electrons. The number of benzene rings is 2. The Labute approximate surface area is 132 Å². The van der Waals surface area contributed by atoms with Gasteiger partial charge in [0.15, 0.2) is 0 Å². The summed E-state index contributed by atoms with van der Waals surface area (Å²) < 4.78 is 1.56. The first-order valence-electron chi connectivity index (χ1n) is 6.73. The van der Waals surface area contributed by atoms with Crippen molar-refractivity contribution in [2.45, 2.75) is 6.54 Å². The molecule has 0 fully saturated rings. The lowest BCUT2D eigenvalue weighted by molar-refractivity contribution is -0.254. The number of halogens is 1. The molecule has 3 aromatic rings. The fourth-order valence-electron chi connectivity index (χ4n) is 2.26. The molecule has 0 saturated heterocycles. The van der Waals surface area contributed by atoms with Crippen molar-refractivity contribution >= 4 is 17.6 Å². The van der Waals surface area contributed by atoms with Crippen molar-refractivity contribution in [3.8, 4) is 11.3 Å². The van der Waals surface area contributed by atoms with Crippen LogP contribution in [0.25, 0.3) is 11.3 Å². The minimum atomic E-state index is -1.25. The zero-order valence-electron chi connectivity index (χ0n) is 11.6. The molecule has 3 rings (SSSR count). The second kappa shape index (κ2) is 6.03. The lowest BCUT2D eigenvalue weighted by atomic mass is 10.1. The monoisotopic (exact) mass is 311 g/mol. The molecule has 5 heteroatoms. The topological polar surface area (TPSA) is 57.9 Å². The maximum Gasteiger partial charge on any atom is 0.101 e. The Morgan fingerprint density at radius 1 is 1.09 bits per heavy atom. The van der Waals surface area contributed by atoms with Gasteiger partial charge < -0.3 is 9.90 Å². The van der Waals surface area contributed by atoms with E-state index in [1.807, 2.05) is 48.5 Å². The number of nitrogens with zero attached hydrogens (tertiary/aromatic N) is 2. The van der Waals surface area contributed by atoms with Crippen molar-refractivity contribution in [2.75, 3.05) is 0 Å². The normalized spacial score (nSPS) is 10.6. The highest BCUT2D eigenvalue weighted by Gasteiger charge is 2.12. The molecule has 110 valence electrons. The number of hydrogen-bond donors (Lipinski definition) is 0. The third-order valence-electron chi connectivity index (χ3n) is 3.32. The summed E-state index contributed by atoms with van der Waals surface area (Å²) in [6.07, 6.45) is 1.47. The van der Waals surface area contributed by atoms with Gasteiger partial charge in [-0.15, -0.1) is 0 Å². The fraction of sp³-hybridized carbons (Fsp3) is 0.0588. The number of aromatic nitrogens is 2. The van der Waals surface area contributed by atoms with E-state index in [4.69, 9.17) is 11.6 Å². The quantitative estimate of drug-likeness (QED) is 0.744. The van der Waals surface area contributed by atoms with E-state index < -0.39 is 5.97 Å². The molecule has 0 spiro atoms. The zero-order chi connectivity index (χ0) is 15.5. The number of carboxylic acid groups (broad SMARTS) is 1. The highest BCUT2D eigenvalue weighted by atomic mass is 35.5. The standard InChI is InChI=1S/C17H13ClN2O2/c18-15-9-5-4-8-13(15)10-20-11-14(17(21)22)16(19-20)12-6-2-1-3-7-12/h1-9,11H,10H2,(H,21,22)/p-1. The van der Waals surface area contributed by atoms with Crippen LogP contribution in [0.3, 0.4) is 0 Å². The molecule has 0 N–H and O–H groups in total. The Kier molecular flexibility index (Phi) is 3.94. The minimum Gasteiger partial charge on any atom is -0.545 e. The van der Waals surface area contributed by atoms with Gasteiger partial charge in [0.25, 0.3) is 0 Å². The van der Waals surface area contributed by atoms with Crippen LogP contribution in [0.1, 0.15) is 15.9 Å². The van der Waals surface area contributed by atoms with Crippen molar-refractivity contribution in [2.24, 2.45) is 0 Å². The molecule has 4 nitrogen and oxygen atoms in total. The third-order valence-corrected chi connectivity index (χ3v) is 3.69.